The van der Waals surface area contributed by atoms with Crippen molar-refractivity contribution < 1.29 is 13.9 Å². The number of nitrogens with zero attached hydrogens (tertiary/aromatic N) is 2. The Balaban J connectivity index is 1.67. The highest BCUT2D eigenvalue weighted by Crippen LogP contribution is 2.23. The maximum atomic E-state index is 12.1. The molecular formula is C17H16N4O3. The number of ether oxygens (including phenoxy) is 1. The second-order valence-electron chi connectivity index (χ2n) is 4.84. The Morgan fingerprint density at radius 2 is 2.00 bits per heavy atom. The van der Waals surface area contributed by atoms with E-state index in [9.17, 15) is 4.79 Å². The lowest BCUT2D eigenvalue weighted by Gasteiger charge is -2.11. The maximum absolute atomic E-state index is 12.1. The van der Waals surface area contributed by atoms with Crippen molar-refractivity contribution in [2.45, 2.75) is 6.54 Å². The summed E-state index contributed by atoms with van der Waals surface area (Å²) in [5, 5.41) is 5.49. The first-order chi connectivity index (χ1) is 11.8. The SMILES string of the molecule is COc1ccccc1NC(=O)NCc1nccnc1-c1ccco1. The van der Waals surface area contributed by atoms with E-state index in [0.29, 0.717) is 28.6 Å². The van der Waals surface area contributed by atoms with Crippen LogP contribution in [0.5, 0.6) is 5.75 Å². The fourth-order valence-electron chi connectivity index (χ4n) is 2.19. The molecule has 0 radical (unpaired) electrons. The first-order valence-corrected chi connectivity index (χ1v) is 7.29. The molecule has 0 aliphatic heterocycles. The molecule has 0 spiro atoms. The van der Waals surface area contributed by atoms with Crippen molar-refractivity contribution in [2.24, 2.45) is 0 Å². The molecule has 3 rings (SSSR count). The molecule has 0 aliphatic rings. The minimum absolute atomic E-state index is 0.213. The Kier molecular flexibility index (Phi) is 4.71. The van der Waals surface area contributed by atoms with Gasteiger partial charge < -0.3 is 19.8 Å². The van der Waals surface area contributed by atoms with Crippen LogP contribution in [0.4, 0.5) is 10.5 Å². The van der Waals surface area contributed by atoms with Gasteiger partial charge in [-0.05, 0) is 24.3 Å². The molecule has 0 saturated carbocycles. The van der Waals surface area contributed by atoms with Crippen LogP contribution < -0.4 is 15.4 Å². The third-order valence-corrected chi connectivity index (χ3v) is 3.30. The van der Waals surface area contributed by atoms with Crippen molar-refractivity contribution in [3.05, 3.63) is 60.7 Å². The molecule has 3 aromatic rings. The summed E-state index contributed by atoms with van der Waals surface area (Å²) in [5.74, 6) is 1.19. The van der Waals surface area contributed by atoms with E-state index < -0.39 is 0 Å². The number of carbonyl (C=O) groups excluding carboxylic acids is 1. The zero-order chi connectivity index (χ0) is 16.8. The van der Waals surface area contributed by atoms with E-state index in [-0.39, 0.29) is 12.6 Å². The number of aromatic nitrogens is 2. The topological polar surface area (TPSA) is 89.3 Å². The molecule has 1 aromatic carbocycles. The lowest BCUT2D eigenvalue weighted by molar-refractivity contribution is 0.251. The van der Waals surface area contributed by atoms with E-state index in [0.717, 1.165) is 0 Å². The quantitative estimate of drug-likeness (QED) is 0.753. The number of methoxy groups -OCH3 is 1. The van der Waals surface area contributed by atoms with Gasteiger partial charge in [-0.15, -0.1) is 0 Å². The Bertz CT molecular complexity index is 818. The first-order valence-electron chi connectivity index (χ1n) is 7.29. The normalized spacial score (nSPS) is 10.2. The standard InChI is InChI=1S/C17H16N4O3/c1-23-14-6-3-2-5-12(14)21-17(22)20-11-13-16(19-9-8-18-13)15-7-4-10-24-15/h2-10H,11H2,1H3,(H2,20,21,22). The molecule has 122 valence electrons. The van der Waals surface area contributed by atoms with Crippen LogP contribution in [0.3, 0.4) is 0 Å². The molecule has 0 unspecified atom stereocenters. The molecular weight excluding hydrogens is 308 g/mol. The van der Waals surface area contributed by atoms with Crippen molar-refractivity contribution in [3.63, 3.8) is 0 Å². The molecule has 0 aliphatic carbocycles. The number of amides is 2. The molecule has 0 fully saturated rings. The monoisotopic (exact) mass is 324 g/mol. The zero-order valence-electron chi connectivity index (χ0n) is 13.0. The first kappa shape index (κ1) is 15.5. The summed E-state index contributed by atoms with van der Waals surface area (Å²) in [7, 11) is 1.55. The predicted molar refractivity (Wildman–Crippen MR) is 88.6 cm³/mol. The van der Waals surface area contributed by atoms with Gasteiger partial charge in [-0.3, -0.25) is 4.98 Å². The average Bonchev–Trinajstić information content (AvgIpc) is 3.15. The Morgan fingerprint density at radius 3 is 2.79 bits per heavy atom. The number of carbonyl (C=O) groups is 1. The molecule has 2 amide bonds. The summed E-state index contributed by atoms with van der Waals surface area (Å²) in [5.41, 5.74) is 1.80. The molecule has 7 nitrogen and oxygen atoms in total. The van der Waals surface area contributed by atoms with Gasteiger partial charge in [-0.2, -0.15) is 0 Å². The molecule has 24 heavy (non-hydrogen) atoms. The molecule has 7 heteroatoms. The van der Waals surface area contributed by atoms with Crippen LogP contribution in [0.15, 0.2) is 59.5 Å². The summed E-state index contributed by atoms with van der Waals surface area (Å²) in [6, 6.07) is 10.4. The van der Waals surface area contributed by atoms with Crippen LogP contribution in [-0.2, 0) is 6.54 Å². The van der Waals surface area contributed by atoms with Gasteiger partial charge in [-0.25, -0.2) is 9.78 Å². The number of para-hydroxylation sites is 2. The number of hydrogen-bond donors (Lipinski definition) is 2. The summed E-state index contributed by atoms with van der Waals surface area (Å²) < 4.78 is 10.5. The molecule has 2 aromatic heterocycles. The second-order valence-corrected chi connectivity index (χ2v) is 4.84. The molecule has 0 atom stereocenters. The Morgan fingerprint density at radius 1 is 1.17 bits per heavy atom. The van der Waals surface area contributed by atoms with Crippen molar-refractivity contribution in [1.29, 1.82) is 0 Å². The summed E-state index contributed by atoms with van der Waals surface area (Å²) in [6.45, 7) is 0.213. The fourth-order valence-corrected chi connectivity index (χ4v) is 2.19. The van der Waals surface area contributed by atoms with Gasteiger partial charge >= 0.3 is 6.03 Å². The van der Waals surface area contributed by atoms with Gasteiger partial charge in [0.25, 0.3) is 0 Å². The van der Waals surface area contributed by atoms with E-state index in [1.165, 1.54) is 0 Å². The van der Waals surface area contributed by atoms with Gasteiger partial charge in [0.15, 0.2) is 5.76 Å². The average molecular weight is 324 g/mol. The zero-order valence-corrected chi connectivity index (χ0v) is 13.0. The number of furan rings is 1. The highest BCUT2D eigenvalue weighted by molar-refractivity contribution is 5.90. The highest BCUT2D eigenvalue weighted by Gasteiger charge is 2.12. The van der Waals surface area contributed by atoms with Gasteiger partial charge in [0.2, 0.25) is 0 Å². The molecule has 0 bridgehead atoms. The molecule has 0 saturated heterocycles. The maximum Gasteiger partial charge on any atom is 0.319 e. The summed E-state index contributed by atoms with van der Waals surface area (Å²) in [4.78, 5) is 20.6. The number of nitrogens with one attached hydrogen (secondary N) is 2. The Hall–Kier alpha value is -3.35. The third kappa shape index (κ3) is 3.52. The van der Waals surface area contributed by atoms with Gasteiger partial charge in [0.1, 0.15) is 11.4 Å². The number of hydrogen-bond acceptors (Lipinski definition) is 5. The van der Waals surface area contributed by atoms with E-state index >= 15 is 0 Å². The number of benzene rings is 1. The van der Waals surface area contributed by atoms with E-state index in [2.05, 4.69) is 20.6 Å². The number of anilines is 1. The lowest BCUT2D eigenvalue weighted by Crippen LogP contribution is -2.29. The highest BCUT2D eigenvalue weighted by atomic mass is 16.5. The van der Waals surface area contributed by atoms with Crippen molar-refractivity contribution >= 4 is 11.7 Å². The summed E-state index contributed by atoms with van der Waals surface area (Å²) >= 11 is 0. The van der Waals surface area contributed by atoms with Crippen LogP contribution in [0.2, 0.25) is 0 Å². The molecule has 2 heterocycles. The second kappa shape index (κ2) is 7.28. The largest absolute Gasteiger partial charge is 0.495 e. The van der Waals surface area contributed by atoms with E-state index in [1.54, 1.807) is 50.0 Å². The summed E-state index contributed by atoms with van der Waals surface area (Å²) in [6.07, 6.45) is 4.72. The van der Waals surface area contributed by atoms with Crippen LogP contribution in [0.25, 0.3) is 11.5 Å². The minimum Gasteiger partial charge on any atom is -0.495 e. The van der Waals surface area contributed by atoms with Gasteiger partial charge in [-0.1, -0.05) is 12.1 Å². The predicted octanol–water partition coefficient (Wildman–Crippen LogP) is 3.07. The minimum atomic E-state index is -0.365. The van der Waals surface area contributed by atoms with Crippen molar-refractivity contribution in [1.82, 2.24) is 15.3 Å². The van der Waals surface area contributed by atoms with Gasteiger partial charge in [0.05, 0.1) is 31.3 Å². The lowest BCUT2D eigenvalue weighted by atomic mass is 10.2. The van der Waals surface area contributed by atoms with Gasteiger partial charge in [0, 0.05) is 12.4 Å². The number of urea groups is 1. The van der Waals surface area contributed by atoms with E-state index in [1.807, 2.05) is 12.1 Å². The van der Waals surface area contributed by atoms with E-state index in [4.69, 9.17) is 9.15 Å². The smallest absolute Gasteiger partial charge is 0.319 e. The van der Waals surface area contributed by atoms with Crippen LogP contribution in [0, 0.1) is 0 Å². The van der Waals surface area contributed by atoms with Crippen molar-refractivity contribution in [2.75, 3.05) is 12.4 Å². The van der Waals surface area contributed by atoms with Crippen LogP contribution >= 0.6 is 0 Å². The fraction of sp³-hybridized carbons (Fsp3) is 0.118. The van der Waals surface area contributed by atoms with Crippen LogP contribution in [-0.4, -0.2) is 23.1 Å². The van der Waals surface area contributed by atoms with Crippen molar-refractivity contribution in [3.8, 4) is 17.2 Å². The molecule has 2 N–H and O–H groups in total. The Labute approximate surface area is 138 Å². The third-order valence-electron chi connectivity index (χ3n) is 3.30. The van der Waals surface area contributed by atoms with Crippen LogP contribution in [0.1, 0.15) is 5.69 Å². The number of rotatable bonds is 5.